The van der Waals surface area contributed by atoms with Crippen molar-refractivity contribution in [3.8, 4) is 0 Å². The van der Waals surface area contributed by atoms with Gasteiger partial charge in [-0.3, -0.25) is 0 Å². The zero-order chi connectivity index (χ0) is 10.6. The summed E-state index contributed by atoms with van der Waals surface area (Å²) in [4.78, 5) is 3.10. The van der Waals surface area contributed by atoms with E-state index in [9.17, 15) is 0 Å². The number of benzene rings is 1. The number of nitrogens with zero attached hydrogens (tertiary/aromatic N) is 1. The van der Waals surface area contributed by atoms with E-state index in [1.54, 1.807) is 0 Å². The van der Waals surface area contributed by atoms with Gasteiger partial charge in [-0.25, -0.2) is 0 Å². The summed E-state index contributed by atoms with van der Waals surface area (Å²) in [6.45, 7) is 4.16. The van der Waals surface area contributed by atoms with Gasteiger partial charge in [-0.05, 0) is 18.9 Å². The topological polar surface area (TPSA) is 3.24 Å². The highest BCUT2D eigenvalue weighted by Crippen LogP contribution is 2.22. The summed E-state index contributed by atoms with van der Waals surface area (Å²) < 4.78 is 0. The third-order valence-electron chi connectivity index (χ3n) is 2.54. The zero-order valence-electron chi connectivity index (χ0n) is 9.03. The molecule has 0 fully saturated rings. The normalized spacial score (nSPS) is 12.2. The fourth-order valence-electron chi connectivity index (χ4n) is 1.63. The van der Waals surface area contributed by atoms with Gasteiger partial charge in [-0.1, -0.05) is 49.5 Å². The van der Waals surface area contributed by atoms with Crippen molar-refractivity contribution in [1.29, 1.82) is 0 Å². The largest absolute Gasteiger partial charge is 0.362 e. The van der Waals surface area contributed by atoms with Gasteiger partial charge in [0.15, 0.2) is 0 Å². The molecular weight excluding hydrogens is 190 g/mol. The van der Waals surface area contributed by atoms with Crippen LogP contribution in [0.3, 0.4) is 0 Å². The van der Waals surface area contributed by atoms with E-state index in [2.05, 4.69) is 43.1 Å². The Morgan fingerprint density at radius 3 is 2.36 bits per heavy atom. The molecule has 1 aromatic carbocycles. The van der Waals surface area contributed by atoms with Gasteiger partial charge in [-0.15, -0.1) is 0 Å². The summed E-state index contributed by atoms with van der Waals surface area (Å²) in [7, 11) is 2.06. The first-order chi connectivity index (χ1) is 6.66. The molecule has 0 N–H and O–H groups in total. The Morgan fingerprint density at radius 1 is 1.36 bits per heavy atom. The Morgan fingerprint density at radius 2 is 1.93 bits per heavy atom. The van der Waals surface area contributed by atoms with Gasteiger partial charge in [0.05, 0.1) is 11.0 Å². The maximum atomic E-state index is 5.19. The van der Waals surface area contributed by atoms with E-state index in [0.717, 1.165) is 11.4 Å². The van der Waals surface area contributed by atoms with Crippen LogP contribution in [0.5, 0.6) is 0 Å². The van der Waals surface area contributed by atoms with Gasteiger partial charge < -0.3 is 4.90 Å². The van der Waals surface area contributed by atoms with Gasteiger partial charge in [-0.2, -0.15) is 0 Å². The van der Waals surface area contributed by atoms with Crippen molar-refractivity contribution >= 4 is 17.2 Å². The van der Waals surface area contributed by atoms with Crippen LogP contribution in [0, 0.1) is 0 Å². The molecule has 1 unspecified atom stereocenters. The lowest BCUT2D eigenvalue weighted by molar-refractivity contribution is 0.369. The summed E-state index contributed by atoms with van der Waals surface area (Å²) in [6.07, 6.45) is 1.08. The summed E-state index contributed by atoms with van der Waals surface area (Å²) in [6, 6.07) is 10.9. The van der Waals surface area contributed by atoms with Gasteiger partial charge in [0.1, 0.15) is 0 Å². The average Bonchev–Trinajstić information content (AvgIpc) is 2.20. The molecule has 0 radical (unpaired) electrons. The highest BCUT2D eigenvalue weighted by atomic mass is 32.1. The first-order valence-corrected chi connectivity index (χ1v) is 5.36. The number of thiocarbonyl (C=S) groups is 1. The number of hydrogen-bond acceptors (Lipinski definition) is 1. The molecule has 0 saturated carbocycles. The van der Waals surface area contributed by atoms with Crippen molar-refractivity contribution in [1.82, 2.24) is 4.90 Å². The minimum Gasteiger partial charge on any atom is -0.362 e. The van der Waals surface area contributed by atoms with Gasteiger partial charge in [0.25, 0.3) is 0 Å². The Hall–Kier alpha value is -0.890. The quantitative estimate of drug-likeness (QED) is 0.699. The summed E-state index contributed by atoms with van der Waals surface area (Å²) in [5, 5.41) is 0. The zero-order valence-corrected chi connectivity index (χ0v) is 9.84. The molecule has 1 nitrogen and oxygen atoms in total. The first-order valence-electron chi connectivity index (χ1n) is 4.95. The van der Waals surface area contributed by atoms with Crippen molar-refractivity contribution in [2.24, 2.45) is 0 Å². The van der Waals surface area contributed by atoms with E-state index >= 15 is 0 Å². The van der Waals surface area contributed by atoms with Crippen LogP contribution in [0.4, 0.5) is 0 Å². The SMILES string of the molecule is CCC(c1ccccc1)N(C)C(C)=S. The fourth-order valence-corrected chi connectivity index (χ4v) is 1.76. The lowest BCUT2D eigenvalue weighted by atomic mass is 10.0. The molecule has 1 aromatic rings. The molecule has 0 aliphatic heterocycles. The van der Waals surface area contributed by atoms with Crippen molar-refractivity contribution in [2.45, 2.75) is 26.3 Å². The first kappa shape index (κ1) is 11.2. The molecule has 2 heteroatoms. The fraction of sp³-hybridized carbons (Fsp3) is 0.417. The molecular formula is C12H17NS. The second-order valence-corrected chi connectivity index (χ2v) is 4.06. The molecule has 0 spiro atoms. The van der Waals surface area contributed by atoms with Gasteiger partial charge in [0, 0.05) is 7.05 Å². The minimum absolute atomic E-state index is 0.411. The molecule has 1 atom stereocenters. The van der Waals surface area contributed by atoms with E-state index in [1.807, 2.05) is 13.0 Å². The predicted molar refractivity (Wildman–Crippen MR) is 65.5 cm³/mol. The van der Waals surface area contributed by atoms with Crippen molar-refractivity contribution in [3.63, 3.8) is 0 Å². The molecule has 0 amide bonds. The Kier molecular flexibility index (Phi) is 4.08. The van der Waals surface area contributed by atoms with E-state index in [0.29, 0.717) is 6.04 Å². The molecule has 1 rings (SSSR count). The van der Waals surface area contributed by atoms with Crippen LogP contribution >= 0.6 is 12.2 Å². The van der Waals surface area contributed by atoms with Crippen LogP contribution in [0.1, 0.15) is 31.9 Å². The molecule has 0 aromatic heterocycles. The van der Waals surface area contributed by atoms with E-state index in [1.165, 1.54) is 5.56 Å². The van der Waals surface area contributed by atoms with Gasteiger partial charge in [0.2, 0.25) is 0 Å². The lowest BCUT2D eigenvalue weighted by Crippen LogP contribution is -2.27. The molecule has 0 aliphatic rings. The van der Waals surface area contributed by atoms with Gasteiger partial charge >= 0.3 is 0 Å². The smallest absolute Gasteiger partial charge is 0.0750 e. The summed E-state index contributed by atoms with van der Waals surface area (Å²) >= 11 is 5.19. The molecule has 76 valence electrons. The average molecular weight is 207 g/mol. The highest BCUT2D eigenvalue weighted by Gasteiger charge is 2.14. The second-order valence-electron chi connectivity index (χ2n) is 3.46. The highest BCUT2D eigenvalue weighted by molar-refractivity contribution is 7.80. The Bertz CT molecular complexity index is 294. The van der Waals surface area contributed by atoms with E-state index < -0.39 is 0 Å². The Balaban J connectivity index is 2.87. The van der Waals surface area contributed by atoms with Crippen LogP contribution in [0.15, 0.2) is 30.3 Å². The molecule has 0 bridgehead atoms. The second kappa shape index (κ2) is 5.11. The van der Waals surface area contributed by atoms with Crippen LogP contribution in [-0.4, -0.2) is 16.9 Å². The number of hydrogen-bond donors (Lipinski definition) is 0. The molecule has 0 heterocycles. The summed E-state index contributed by atoms with van der Waals surface area (Å²) in [5.41, 5.74) is 1.33. The van der Waals surface area contributed by atoms with E-state index in [-0.39, 0.29) is 0 Å². The van der Waals surface area contributed by atoms with Crippen molar-refractivity contribution in [2.75, 3.05) is 7.05 Å². The predicted octanol–water partition coefficient (Wildman–Crippen LogP) is 3.42. The molecule has 0 saturated heterocycles. The van der Waals surface area contributed by atoms with Crippen LogP contribution in [0.2, 0.25) is 0 Å². The Labute approximate surface area is 91.7 Å². The third-order valence-corrected chi connectivity index (χ3v) is 2.82. The monoisotopic (exact) mass is 207 g/mol. The van der Waals surface area contributed by atoms with E-state index in [4.69, 9.17) is 12.2 Å². The summed E-state index contributed by atoms with van der Waals surface area (Å²) in [5.74, 6) is 0. The van der Waals surface area contributed by atoms with Crippen molar-refractivity contribution < 1.29 is 0 Å². The number of rotatable bonds is 3. The van der Waals surface area contributed by atoms with Crippen LogP contribution in [0.25, 0.3) is 0 Å². The van der Waals surface area contributed by atoms with Crippen LogP contribution in [-0.2, 0) is 0 Å². The minimum atomic E-state index is 0.411. The maximum Gasteiger partial charge on any atom is 0.0750 e. The van der Waals surface area contributed by atoms with Crippen LogP contribution < -0.4 is 0 Å². The standard InChI is InChI=1S/C12H17NS/c1-4-12(13(3)10(2)14)11-8-6-5-7-9-11/h5-9,12H,4H2,1-3H3. The van der Waals surface area contributed by atoms with Crippen molar-refractivity contribution in [3.05, 3.63) is 35.9 Å². The maximum absolute atomic E-state index is 5.19. The lowest BCUT2D eigenvalue weighted by Gasteiger charge is -2.28. The molecule has 0 aliphatic carbocycles. The molecule has 14 heavy (non-hydrogen) atoms. The third kappa shape index (κ3) is 2.55.